The van der Waals surface area contributed by atoms with Crippen molar-refractivity contribution in [2.24, 2.45) is 0 Å². The highest BCUT2D eigenvalue weighted by Crippen LogP contribution is 2.40. The third-order valence-corrected chi connectivity index (χ3v) is 5.44. The highest BCUT2D eigenvalue weighted by molar-refractivity contribution is 7.12. The first kappa shape index (κ1) is 11.8. The summed E-state index contributed by atoms with van der Waals surface area (Å²) in [5.74, 6) is -0.413. The molecule has 4 rings (SSSR count). The Morgan fingerprint density at radius 2 is 1.91 bits per heavy atom. The molecule has 2 aromatic rings. The van der Waals surface area contributed by atoms with E-state index in [9.17, 15) is 4.79 Å². The van der Waals surface area contributed by atoms with E-state index in [2.05, 4.69) is 11.9 Å². The van der Waals surface area contributed by atoms with E-state index in [0.29, 0.717) is 10.4 Å². The van der Waals surface area contributed by atoms with Crippen molar-refractivity contribution in [2.75, 3.05) is 20.1 Å². The van der Waals surface area contributed by atoms with Crippen molar-refractivity contribution < 1.29 is 7.54 Å². The standard InChI is InChI=1S/C19H19NOS/c1-20-9-6-13(7-10-20)18-15-5-3-2-4-14(15)12-17(21)19-16(18)8-11-22-19/h2-5,8,11H,6-7,9-10,12H2,1H3/i12D2. The molecule has 1 saturated heterocycles. The minimum atomic E-state index is -1.98. The molecule has 0 N–H and O–H groups in total. The number of ketones is 1. The number of piperidine rings is 1. The summed E-state index contributed by atoms with van der Waals surface area (Å²) < 4.78 is 16.9. The second-order valence-corrected chi connectivity index (χ2v) is 6.86. The second kappa shape index (κ2) is 5.49. The highest BCUT2D eigenvalue weighted by Gasteiger charge is 2.27. The lowest BCUT2D eigenvalue weighted by molar-refractivity contribution is 0.0997. The molecule has 1 fully saturated rings. The normalized spacial score (nSPS) is 22.5. The Hall–Kier alpha value is -1.71. The summed E-state index contributed by atoms with van der Waals surface area (Å²) in [4.78, 5) is 15.7. The van der Waals surface area contributed by atoms with Gasteiger partial charge in [0, 0.05) is 27.8 Å². The number of nitrogens with zero attached hydrogens (tertiary/aromatic N) is 1. The van der Waals surface area contributed by atoms with E-state index in [1.165, 1.54) is 16.9 Å². The fraction of sp³-hybridized carbons (Fsp3) is 0.316. The van der Waals surface area contributed by atoms with Crippen molar-refractivity contribution in [3.8, 4) is 0 Å². The van der Waals surface area contributed by atoms with Gasteiger partial charge in [-0.3, -0.25) is 4.79 Å². The summed E-state index contributed by atoms with van der Waals surface area (Å²) in [5, 5.41) is 1.90. The van der Waals surface area contributed by atoms with E-state index in [-0.39, 0.29) is 0 Å². The Morgan fingerprint density at radius 3 is 2.73 bits per heavy atom. The van der Waals surface area contributed by atoms with Crippen molar-refractivity contribution in [3.05, 3.63) is 62.9 Å². The largest absolute Gasteiger partial charge is 0.306 e. The number of carbonyl (C=O) groups excluding carboxylic acids is 1. The fourth-order valence-electron chi connectivity index (χ4n) is 3.34. The lowest BCUT2D eigenvalue weighted by atomic mass is 9.88. The Kier molecular flexibility index (Phi) is 2.94. The third kappa shape index (κ3) is 2.25. The molecule has 22 heavy (non-hydrogen) atoms. The van der Waals surface area contributed by atoms with Crippen LogP contribution in [0.5, 0.6) is 0 Å². The average Bonchev–Trinajstić information content (AvgIpc) is 3.03. The first-order chi connectivity index (χ1) is 11.5. The molecule has 0 bridgehead atoms. The maximum atomic E-state index is 12.9. The molecular weight excluding hydrogens is 290 g/mol. The molecule has 2 heterocycles. The first-order valence-corrected chi connectivity index (χ1v) is 8.51. The smallest absolute Gasteiger partial charge is 0.177 e. The van der Waals surface area contributed by atoms with Crippen LogP contribution >= 0.6 is 11.3 Å². The number of Topliss-reactive ketones (excluding diaryl/α,β-unsaturated/α-hetero) is 1. The van der Waals surface area contributed by atoms with Gasteiger partial charge in [0.1, 0.15) is 0 Å². The monoisotopic (exact) mass is 311 g/mol. The number of carbonyl (C=O) groups is 1. The van der Waals surface area contributed by atoms with Crippen LogP contribution in [-0.2, 0) is 6.37 Å². The van der Waals surface area contributed by atoms with Gasteiger partial charge in [-0.2, -0.15) is 0 Å². The molecule has 1 aliphatic heterocycles. The molecule has 1 aromatic carbocycles. The minimum absolute atomic E-state index is 0.413. The summed E-state index contributed by atoms with van der Waals surface area (Å²) in [7, 11) is 2.13. The van der Waals surface area contributed by atoms with Crippen molar-refractivity contribution >= 4 is 22.7 Å². The van der Waals surface area contributed by atoms with Gasteiger partial charge in [0.15, 0.2) is 5.78 Å². The van der Waals surface area contributed by atoms with Crippen LogP contribution in [0.15, 0.2) is 41.3 Å². The average molecular weight is 311 g/mol. The summed E-state index contributed by atoms with van der Waals surface area (Å²) in [6.07, 6.45) is -0.0523. The van der Waals surface area contributed by atoms with Gasteiger partial charge < -0.3 is 4.90 Å². The lowest BCUT2D eigenvalue weighted by Gasteiger charge is -2.27. The first-order valence-electron chi connectivity index (χ1n) is 8.63. The number of rotatable bonds is 0. The summed E-state index contributed by atoms with van der Waals surface area (Å²) in [6.45, 7) is 2.00. The predicted molar refractivity (Wildman–Crippen MR) is 91.5 cm³/mol. The van der Waals surface area contributed by atoms with Crippen molar-refractivity contribution in [1.29, 1.82) is 0 Å². The van der Waals surface area contributed by atoms with Crippen LogP contribution < -0.4 is 0 Å². The minimum Gasteiger partial charge on any atom is -0.306 e. The quantitative estimate of drug-likeness (QED) is 0.732. The number of thiophene rings is 1. The van der Waals surface area contributed by atoms with Gasteiger partial charge in [-0.05, 0) is 48.0 Å². The Bertz CT molecular complexity index is 843. The molecular formula is C19H19NOS. The molecule has 112 valence electrons. The molecule has 1 aliphatic carbocycles. The second-order valence-electron chi connectivity index (χ2n) is 5.94. The summed E-state index contributed by atoms with van der Waals surface area (Å²) >= 11 is 1.35. The van der Waals surface area contributed by atoms with E-state index in [1.807, 2.05) is 29.6 Å². The van der Waals surface area contributed by atoms with E-state index >= 15 is 0 Å². The van der Waals surface area contributed by atoms with Gasteiger partial charge in [-0.1, -0.05) is 29.8 Å². The van der Waals surface area contributed by atoms with Gasteiger partial charge in [0.05, 0.1) is 4.88 Å². The van der Waals surface area contributed by atoms with Crippen molar-refractivity contribution in [2.45, 2.75) is 19.2 Å². The zero-order chi connectivity index (χ0) is 16.9. The zero-order valence-corrected chi connectivity index (χ0v) is 13.4. The molecule has 0 atom stereocenters. The van der Waals surface area contributed by atoms with Crippen molar-refractivity contribution in [1.82, 2.24) is 4.90 Å². The van der Waals surface area contributed by atoms with Crippen LogP contribution in [0.1, 0.15) is 41.9 Å². The number of hydrogen-bond acceptors (Lipinski definition) is 3. The Labute approximate surface area is 137 Å². The van der Waals surface area contributed by atoms with Crippen LogP contribution in [0.4, 0.5) is 0 Å². The maximum Gasteiger partial charge on any atom is 0.177 e. The highest BCUT2D eigenvalue weighted by atomic mass is 32.1. The van der Waals surface area contributed by atoms with Gasteiger partial charge in [-0.15, -0.1) is 11.3 Å². The Morgan fingerprint density at radius 1 is 1.14 bits per heavy atom. The van der Waals surface area contributed by atoms with Gasteiger partial charge in [0.2, 0.25) is 0 Å². The molecule has 3 heteroatoms. The number of hydrogen-bond donors (Lipinski definition) is 0. The number of likely N-dealkylation sites (tertiary alicyclic amines) is 1. The van der Waals surface area contributed by atoms with Crippen LogP contribution in [0.2, 0.25) is 0 Å². The van der Waals surface area contributed by atoms with Crippen LogP contribution in [0.25, 0.3) is 5.57 Å². The zero-order valence-electron chi connectivity index (χ0n) is 14.6. The molecule has 1 aromatic heterocycles. The summed E-state index contributed by atoms with van der Waals surface area (Å²) in [5.41, 5.74) is 4.72. The van der Waals surface area contributed by atoms with E-state index in [1.54, 1.807) is 6.07 Å². The summed E-state index contributed by atoms with van der Waals surface area (Å²) in [6, 6.07) is 9.47. The van der Waals surface area contributed by atoms with Crippen LogP contribution in [0, 0.1) is 0 Å². The molecule has 0 amide bonds. The van der Waals surface area contributed by atoms with Crippen LogP contribution in [-0.4, -0.2) is 30.8 Å². The van der Waals surface area contributed by atoms with Gasteiger partial charge >= 0.3 is 0 Å². The maximum absolute atomic E-state index is 12.9. The molecule has 0 unspecified atom stereocenters. The lowest BCUT2D eigenvalue weighted by Crippen LogP contribution is -2.27. The number of fused-ring (bicyclic) bond motifs is 2. The van der Waals surface area contributed by atoms with E-state index in [0.717, 1.165) is 42.6 Å². The predicted octanol–water partition coefficient (Wildman–Crippen LogP) is 4.01. The molecule has 0 spiro atoms. The molecule has 2 nitrogen and oxygen atoms in total. The Balaban J connectivity index is 2.03. The van der Waals surface area contributed by atoms with E-state index < -0.39 is 12.2 Å². The number of benzene rings is 1. The fourth-order valence-corrected chi connectivity index (χ4v) is 4.13. The van der Waals surface area contributed by atoms with Gasteiger partial charge in [-0.25, -0.2) is 0 Å². The SMILES string of the molecule is [2H]C1([2H])C(=O)c2sccc2C(=C2CCN(C)CC2)c2ccccc21. The molecule has 2 aliphatic rings. The van der Waals surface area contributed by atoms with Crippen LogP contribution in [0.3, 0.4) is 0 Å². The molecule has 0 saturated carbocycles. The van der Waals surface area contributed by atoms with Gasteiger partial charge in [0.25, 0.3) is 0 Å². The van der Waals surface area contributed by atoms with Crippen molar-refractivity contribution in [3.63, 3.8) is 0 Å². The third-order valence-electron chi connectivity index (χ3n) is 4.53. The topological polar surface area (TPSA) is 20.3 Å². The van der Waals surface area contributed by atoms with E-state index in [4.69, 9.17) is 2.74 Å². The molecule has 0 radical (unpaired) electrons.